The SMILES string of the molecule is CCC(O)c1ccc(N(CC)CC(=O)N(C)C)cn1. The van der Waals surface area contributed by atoms with Gasteiger partial charge < -0.3 is 14.9 Å². The number of anilines is 1. The van der Waals surface area contributed by atoms with Crippen LogP contribution >= 0.6 is 0 Å². The number of aliphatic hydroxyl groups excluding tert-OH is 1. The lowest BCUT2D eigenvalue weighted by Crippen LogP contribution is -2.36. The van der Waals surface area contributed by atoms with Crippen molar-refractivity contribution < 1.29 is 9.90 Å². The van der Waals surface area contributed by atoms with Crippen LogP contribution in [0.4, 0.5) is 5.69 Å². The molecule has 1 heterocycles. The molecule has 106 valence electrons. The molecule has 0 saturated carbocycles. The third kappa shape index (κ3) is 4.21. The van der Waals surface area contributed by atoms with E-state index in [1.54, 1.807) is 25.2 Å². The maximum absolute atomic E-state index is 11.7. The summed E-state index contributed by atoms with van der Waals surface area (Å²) in [6.45, 7) is 4.98. The molecule has 1 rings (SSSR count). The average Bonchev–Trinajstić information content (AvgIpc) is 2.43. The van der Waals surface area contributed by atoms with Crippen LogP contribution in [0.5, 0.6) is 0 Å². The Morgan fingerprint density at radius 3 is 2.47 bits per heavy atom. The first-order chi connectivity index (χ1) is 8.99. The summed E-state index contributed by atoms with van der Waals surface area (Å²) in [5.41, 5.74) is 1.56. The van der Waals surface area contributed by atoms with E-state index in [9.17, 15) is 9.90 Å². The Labute approximate surface area is 114 Å². The van der Waals surface area contributed by atoms with Crippen molar-refractivity contribution in [3.05, 3.63) is 24.0 Å². The smallest absolute Gasteiger partial charge is 0.241 e. The molecule has 19 heavy (non-hydrogen) atoms. The van der Waals surface area contributed by atoms with Gasteiger partial charge in [-0.2, -0.15) is 0 Å². The minimum atomic E-state index is -0.521. The van der Waals surface area contributed by atoms with E-state index < -0.39 is 6.10 Å². The number of carbonyl (C=O) groups excluding carboxylic acids is 1. The van der Waals surface area contributed by atoms with Gasteiger partial charge in [0.2, 0.25) is 5.91 Å². The normalized spacial score (nSPS) is 12.1. The summed E-state index contributed by atoms with van der Waals surface area (Å²) in [6.07, 6.45) is 1.83. The largest absolute Gasteiger partial charge is 0.387 e. The van der Waals surface area contributed by atoms with Gasteiger partial charge in [0.15, 0.2) is 0 Å². The number of pyridine rings is 1. The van der Waals surface area contributed by atoms with Gasteiger partial charge in [0.25, 0.3) is 0 Å². The summed E-state index contributed by atoms with van der Waals surface area (Å²) >= 11 is 0. The third-order valence-corrected chi connectivity index (χ3v) is 3.07. The van der Waals surface area contributed by atoms with E-state index in [-0.39, 0.29) is 5.91 Å². The zero-order valence-corrected chi connectivity index (χ0v) is 12.1. The predicted octanol–water partition coefficient (Wildman–Crippen LogP) is 1.44. The first kappa shape index (κ1) is 15.4. The fourth-order valence-corrected chi connectivity index (χ4v) is 1.68. The van der Waals surface area contributed by atoms with Crippen LogP contribution < -0.4 is 4.90 Å². The van der Waals surface area contributed by atoms with E-state index in [0.717, 1.165) is 12.2 Å². The zero-order valence-electron chi connectivity index (χ0n) is 12.1. The molecule has 0 aliphatic carbocycles. The van der Waals surface area contributed by atoms with Gasteiger partial charge in [0.1, 0.15) is 0 Å². The quantitative estimate of drug-likeness (QED) is 0.845. The number of amides is 1. The van der Waals surface area contributed by atoms with Gasteiger partial charge in [-0.3, -0.25) is 9.78 Å². The van der Waals surface area contributed by atoms with Crippen LogP contribution in [-0.4, -0.2) is 48.1 Å². The molecule has 0 saturated heterocycles. The van der Waals surface area contributed by atoms with Crippen LogP contribution in [0, 0.1) is 0 Å². The summed E-state index contributed by atoms with van der Waals surface area (Å²) in [5, 5.41) is 9.70. The fraction of sp³-hybridized carbons (Fsp3) is 0.571. The standard InChI is InChI=1S/C14H23N3O2/c1-5-13(18)12-8-7-11(9-15-12)17(6-2)10-14(19)16(3)4/h7-9,13,18H,5-6,10H2,1-4H3. The van der Waals surface area contributed by atoms with E-state index >= 15 is 0 Å². The van der Waals surface area contributed by atoms with E-state index in [4.69, 9.17) is 0 Å². The van der Waals surface area contributed by atoms with Crippen LogP contribution in [0.15, 0.2) is 18.3 Å². The van der Waals surface area contributed by atoms with Gasteiger partial charge >= 0.3 is 0 Å². The molecule has 0 bridgehead atoms. The second-order valence-corrected chi connectivity index (χ2v) is 4.67. The lowest BCUT2D eigenvalue weighted by atomic mass is 10.2. The molecule has 0 radical (unpaired) electrons. The average molecular weight is 265 g/mol. The Kier molecular flexibility index (Phi) is 5.76. The van der Waals surface area contributed by atoms with Crippen molar-refractivity contribution in [3.63, 3.8) is 0 Å². The Bertz CT molecular complexity index is 404. The zero-order chi connectivity index (χ0) is 14.4. The minimum absolute atomic E-state index is 0.0551. The topological polar surface area (TPSA) is 56.7 Å². The Hall–Kier alpha value is -1.62. The number of rotatable bonds is 6. The first-order valence-electron chi connectivity index (χ1n) is 6.58. The van der Waals surface area contributed by atoms with E-state index in [1.807, 2.05) is 30.9 Å². The maximum atomic E-state index is 11.7. The number of nitrogens with zero attached hydrogens (tertiary/aromatic N) is 3. The summed E-state index contributed by atoms with van der Waals surface area (Å²) in [6, 6.07) is 3.71. The number of carbonyl (C=O) groups is 1. The van der Waals surface area contributed by atoms with Gasteiger partial charge in [-0.25, -0.2) is 0 Å². The molecule has 0 fully saturated rings. The summed E-state index contributed by atoms with van der Waals surface area (Å²) in [5.74, 6) is 0.0551. The fourth-order valence-electron chi connectivity index (χ4n) is 1.68. The molecule has 0 spiro atoms. The highest BCUT2D eigenvalue weighted by atomic mass is 16.3. The molecular formula is C14H23N3O2. The highest BCUT2D eigenvalue weighted by molar-refractivity contribution is 5.80. The number of aromatic nitrogens is 1. The molecule has 0 aliphatic rings. The molecule has 5 nitrogen and oxygen atoms in total. The van der Waals surface area contributed by atoms with E-state index in [1.165, 1.54) is 0 Å². The number of hydrogen-bond donors (Lipinski definition) is 1. The first-order valence-corrected chi connectivity index (χ1v) is 6.58. The lowest BCUT2D eigenvalue weighted by Gasteiger charge is -2.24. The Balaban J connectivity index is 2.79. The van der Waals surface area contributed by atoms with Gasteiger partial charge in [0, 0.05) is 20.6 Å². The summed E-state index contributed by atoms with van der Waals surface area (Å²) < 4.78 is 0. The van der Waals surface area contributed by atoms with Crippen molar-refractivity contribution in [2.24, 2.45) is 0 Å². The molecule has 1 unspecified atom stereocenters. The van der Waals surface area contributed by atoms with Gasteiger partial charge in [-0.1, -0.05) is 6.92 Å². The molecule has 1 N–H and O–H groups in total. The van der Waals surface area contributed by atoms with Gasteiger partial charge in [-0.15, -0.1) is 0 Å². The number of hydrogen-bond acceptors (Lipinski definition) is 4. The van der Waals surface area contributed by atoms with Crippen LogP contribution in [-0.2, 0) is 4.79 Å². The Morgan fingerprint density at radius 2 is 2.05 bits per heavy atom. The molecule has 5 heteroatoms. The maximum Gasteiger partial charge on any atom is 0.241 e. The molecule has 1 aromatic heterocycles. The van der Waals surface area contributed by atoms with Crippen LogP contribution in [0.25, 0.3) is 0 Å². The van der Waals surface area contributed by atoms with Crippen molar-refractivity contribution in [1.29, 1.82) is 0 Å². The molecule has 1 aromatic rings. The van der Waals surface area contributed by atoms with E-state index in [2.05, 4.69) is 4.98 Å². The molecule has 1 amide bonds. The Morgan fingerprint density at radius 1 is 1.37 bits per heavy atom. The predicted molar refractivity (Wildman–Crippen MR) is 76.1 cm³/mol. The second kappa shape index (κ2) is 7.09. The van der Waals surface area contributed by atoms with Crippen molar-refractivity contribution in [2.45, 2.75) is 26.4 Å². The van der Waals surface area contributed by atoms with Crippen molar-refractivity contribution in [1.82, 2.24) is 9.88 Å². The van der Waals surface area contributed by atoms with Crippen molar-refractivity contribution >= 4 is 11.6 Å². The lowest BCUT2D eigenvalue weighted by molar-refractivity contribution is -0.127. The van der Waals surface area contributed by atoms with Gasteiger partial charge in [-0.05, 0) is 25.5 Å². The highest BCUT2D eigenvalue weighted by Gasteiger charge is 2.13. The highest BCUT2D eigenvalue weighted by Crippen LogP contribution is 2.18. The third-order valence-electron chi connectivity index (χ3n) is 3.07. The molecular weight excluding hydrogens is 242 g/mol. The number of likely N-dealkylation sites (N-methyl/N-ethyl adjacent to an activating group) is 2. The monoisotopic (exact) mass is 265 g/mol. The van der Waals surface area contributed by atoms with E-state index in [0.29, 0.717) is 18.7 Å². The summed E-state index contributed by atoms with van der Waals surface area (Å²) in [7, 11) is 3.49. The summed E-state index contributed by atoms with van der Waals surface area (Å²) in [4.78, 5) is 19.5. The van der Waals surface area contributed by atoms with Gasteiger partial charge in [0.05, 0.1) is 30.2 Å². The minimum Gasteiger partial charge on any atom is -0.387 e. The number of aliphatic hydroxyl groups is 1. The molecule has 1 atom stereocenters. The van der Waals surface area contributed by atoms with Crippen molar-refractivity contribution in [3.8, 4) is 0 Å². The molecule has 0 aromatic carbocycles. The van der Waals surface area contributed by atoms with Crippen LogP contribution in [0.3, 0.4) is 0 Å². The van der Waals surface area contributed by atoms with Crippen LogP contribution in [0.1, 0.15) is 32.1 Å². The van der Waals surface area contributed by atoms with Crippen LogP contribution in [0.2, 0.25) is 0 Å². The second-order valence-electron chi connectivity index (χ2n) is 4.67. The molecule has 0 aliphatic heterocycles. The van der Waals surface area contributed by atoms with Crippen molar-refractivity contribution in [2.75, 3.05) is 32.1 Å².